The average Bonchev–Trinajstić information content (AvgIpc) is 3.07. The first-order valence-corrected chi connectivity index (χ1v) is 6.72. The average molecular weight is 221 g/mol. The van der Waals surface area contributed by atoms with Gasteiger partial charge in [-0.05, 0) is 19.3 Å². The van der Waals surface area contributed by atoms with Crippen molar-refractivity contribution in [3.05, 3.63) is 12.3 Å². The van der Waals surface area contributed by atoms with Crippen molar-refractivity contribution in [2.45, 2.75) is 57.9 Å². The first kappa shape index (κ1) is 11.7. The van der Waals surface area contributed by atoms with Crippen molar-refractivity contribution < 1.29 is 4.79 Å². The van der Waals surface area contributed by atoms with Gasteiger partial charge in [-0.25, -0.2) is 0 Å². The third kappa shape index (κ3) is 2.47. The molecular weight excluding hydrogens is 198 g/mol. The Labute approximate surface area is 98.7 Å². The Kier molecular flexibility index (Phi) is 3.67. The van der Waals surface area contributed by atoms with Gasteiger partial charge in [-0.1, -0.05) is 32.8 Å². The van der Waals surface area contributed by atoms with E-state index in [1.165, 1.54) is 32.1 Å². The third-order valence-corrected chi connectivity index (χ3v) is 3.84. The molecule has 1 unspecified atom stereocenters. The first-order valence-electron chi connectivity index (χ1n) is 6.72. The molecule has 0 radical (unpaired) electrons. The van der Waals surface area contributed by atoms with E-state index < -0.39 is 0 Å². The summed E-state index contributed by atoms with van der Waals surface area (Å²) in [6, 6.07) is 0.717. The van der Waals surface area contributed by atoms with Crippen LogP contribution in [0.2, 0.25) is 0 Å². The Morgan fingerprint density at radius 2 is 2.12 bits per heavy atom. The van der Waals surface area contributed by atoms with Crippen LogP contribution in [0, 0.1) is 5.92 Å². The highest BCUT2D eigenvalue weighted by molar-refractivity contribution is 5.84. The number of allylic oxidation sites excluding steroid dienone is 1. The number of rotatable bonds is 5. The van der Waals surface area contributed by atoms with Crippen LogP contribution in [-0.2, 0) is 4.79 Å². The molecule has 1 saturated heterocycles. The van der Waals surface area contributed by atoms with Crippen molar-refractivity contribution >= 4 is 5.78 Å². The Morgan fingerprint density at radius 3 is 2.75 bits per heavy atom. The molecule has 0 bridgehead atoms. The van der Waals surface area contributed by atoms with Gasteiger partial charge in [-0.3, -0.25) is 4.79 Å². The molecule has 1 heterocycles. The molecule has 0 spiro atoms. The molecule has 0 aromatic rings. The fourth-order valence-electron chi connectivity index (χ4n) is 2.66. The molecule has 0 aromatic heterocycles. The summed E-state index contributed by atoms with van der Waals surface area (Å²) in [7, 11) is 0. The Hall–Kier alpha value is -0.790. The van der Waals surface area contributed by atoms with E-state index in [1.54, 1.807) is 0 Å². The molecule has 1 atom stereocenters. The number of nitrogens with zero attached hydrogens (tertiary/aromatic N) is 1. The van der Waals surface area contributed by atoms with Gasteiger partial charge in [0, 0.05) is 24.7 Å². The number of likely N-dealkylation sites (tertiary alicyclic amines) is 1. The van der Waals surface area contributed by atoms with Gasteiger partial charge in [0.1, 0.15) is 5.78 Å². The van der Waals surface area contributed by atoms with Crippen molar-refractivity contribution in [2.24, 2.45) is 5.92 Å². The number of hydrogen-bond acceptors (Lipinski definition) is 2. The zero-order chi connectivity index (χ0) is 11.5. The number of carbonyl (C=O) groups is 1. The standard InChI is InChI=1S/C14H23NO/c1-3-4-5-6-13-11(2)15(12-7-8-12)10-9-14(13)16/h12-13H,2-10H2,1H3. The summed E-state index contributed by atoms with van der Waals surface area (Å²) in [5.41, 5.74) is 1.12. The van der Waals surface area contributed by atoms with Crippen molar-refractivity contribution in [1.29, 1.82) is 0 Å². The molecule has 0 aromatic carbocycles. The number of piperidine rings is 1. The van der Waals surface area contributed by atoms with Crippen LogP contribution < -0.4 is 0 Å². The lowest BCUT2D eigenvalue weighted by atomic mass is 9.88. The predicted octanol–water partition coefficient (Wildman–Crippen LogP) is 3.13. The molecule has 2 rings (SSSR count). The van der Waals surface area contributed by atoms with Gasteiger partial charge < -0.3 is 4.90 Å². The van der Waals surface area contributed by atoms with Crippen LogP contribution in [0.4, 0.5) is 0 Å². The highest BCUT2D eigenvalue weighted by Gasteiger charge is 2.37. The maximum Gasteiger partial charge on any atom is 0.143 e. The van der Waals surface area contributed by atoms with Crippen LogP contribution in [0.25, 0.3) is 0 Å². The van der Waals surface area contributed by atoms with Gasteiger partial charge in [0.05, 0.1) is 5.92 Å². The smallest absolute Gasteiger partial charge is 0.143 e. The summed E-state index contributed by atoms with van der Waals surface area (Å²) in [5, 5.41) is 0. The van der Waals surface area contributed by atoms with Crippen LogP contribution in [0.15, 0.2) is 12.3 Å². The third-order valence-electron chi connectivity index (χ3n) is 3.84. The van der Waals surface area contributed by atoms with Crippen molar-refractivity contribution in [2.75, 3.05) is 6.54 Å². The predicted molar refractivity (Wildman–Crippen MR) is 66.1 cm³/mol. The Balaban J connectivity index is 1.91. The Bertz CT molecular complexity index is 280. The van der Waals surface area contributed by atoms with Crippen LogP contribution >= 0.6 is 0 Å². The molecular formula is C14H23NO. The second-order valence-corrected chi connectivity index (χ2v) is 5.18. The zero-order valence-electron chi connectivity index (χ0n) is 10.4. The molecule has 90 valence electrons. The maximum absolute atomic E-state index is 11.9. The monoisotopic (exact) mass is 221 g/mol. The maximum atomic E-state index is 11.9. The zero-order valence-corrected chi connectivity index (χ0v) is 10.4. The summed E-state index contributed by atoms with van der Waals surface area (Å²) in [6.07, 6.45) is 8.00. The molecule has 2 nitrogen and oxygen atoms in total. The summed E-state index contributed by atoms with van der Waals surface area (Å²) in [6.45, 7) is 7.30. The molecule has 1 aliphatic carbocycles. The van der Waals surface area contributed by atoms with Crippen LogP contribution in [-0.4, -0.2) is 23.3 Å². The highest BCUT2D eigenvalue weighted by Crippen LogP contribution is 2.36. The van der Waals surface area contributed by atoms with Crippen LogP contribution in [0.5, 0.6) is 0 Å². The van der Waals surface area contributed by atoms with E-state index in [0.29, 0.717) is 11.8 Å². The highest BCUT2D eigenvalue weighted by atomic mass is 16.1. The van der Waals surface area contributed by atoms with Gasteiger partial charge in [-0.15, -0.1) is 0 Å². The molecule has 2 aliphatic rings. The largest absolute Gasteiger partial charge is 0.371 e. The fraction of sp³-hybridized carbons (Fsp3) is 0.786. The van der Waals surface area contributed by atoms with Gasteiger partial charge in [-0.2, -0.15) is 0 Å². The number of hydrogen-bond donors (Lipinski definition) is 0. The number of carbonyl (C=O) groups excluding carboxylic acids is 1. The molecule has 2 heteroatoms. The molecule has 1 aliphatic heterocycles. The quantitative estimate of drug-likeness (QED) is 0.665. The van der Waals surface area contributed by atoms with Crippen LogP contribution in [0.3, 0.4) is 0 Å². The minimum absolute atomic E-state index is 0.140. The van der Waals surface area contributed by atoms with E-state index in [2.05, 4.69) is 18.4 Å². The molecule has 0 amide bonds. The lowest BCUT2D eigenvalue weighted by molar-refractivity contribution is -0.124. The van der Waals surface area contributed by atoms with Gasteiger partial charge in [0.2, 0.25) is 0 Å². The van der Waals surface area contributed by atoms with E-state index in [9.17, 15) is 4.79 Å². The fourth-order valence-corrected chi connectivity index (χ4v) is 2.66. The number of ketones is 1. The van der Waals surface area contributed by atoms with Crippen molar-refractivity contribution in [3.8, 4) is 0 Å². The number of unbranched alkanes of at least 4 members (excludes halogenated alkanes) is 2. The van der Waals surface area contributed by atoms with Crippen molar-refractivity contribution in [1.82, 2.24) is 4.90 Å². The molecule has 2 fully saturated rings. The molecule has 0 N–H and O–H groups in total. The van der Waals surface area contributed by atoms with E-state index in [4.69, 9.17) is 0 Å². The summed E-state index contributed by atoms with van der Waals surface area (Å²) < 4.78 is 0. The molecule has 16 heavy (non-hydrogen) atoms. The second-order valence-electron chi connectivity index (χ2n) is 5.18. The van der Waals surface area contributed by atoms with Crippen LogP contribution in [0.1, 0.15) is 51.9 Å². The summed E-state index contributed by atoms with van der Waals surface area (Å²) in [5.74, 6) is 0.568. The van der Waals surface area contributed by atoms with E-state index >= 15 is 0 Å². The summed E-state index contributed by atoms with van der Waals surface area (Å²) >= 11 is 0. The number of Topliss-reactive ketones (excluding diaryl/α,β-unsaturated/α-hetero) is 1. The SMILES string of the molecule is C=C1C(CCCCC)C(=O)CCN1C1CC1. The topological polar surface area (TPSA) is 20.3 Å². The normalized spacial score (nSPS) is 26.3. The lowest BCUT2D eigenvalue weighted by Crippen LogP contribution is -2.39. The van der Waals surface area contributed by atoms with Gasteiger partial charge in [0.25, 0.3) is 0 Å². The minimum Gasteiger partial charge on any atom is -0.371 e. The Morgan fingerprint density at radius 1 is 1.38 bits per heavy atom. The lowest BCUT2D eigenvalue weighted by Gasteiger charge is -2.36. The first-order chi connectivity index (χ1) is 7.74. The van der Waals surface area contributed by atoms with E-state index in [0.717, 1.165) is 25.1 Å². The van der Waals surface area contributed by atoms with E-state index in [1.807, 2.05) is 0 Å². The van der Waals surface area contributed by atoms with Gasteiger partial charge in [0.15, 0.2) is 0 Å². The van der Waals surface area contributed by atoms with Crippen molar-refractivity contribution in [3.63, 3.8) is 0 Å². The van der Waals surface area contributed by atoms with E-state index in [-0.39, 0.29) is 5.92 Å². The summed E-state index contributed by atoms with van der Waals surface area (Å²) in [4.78, 5) is 14.3. The van der Waals surface area contributed by atoms with Gasteiger partial charge >= 0.3 is 0 Å². The minimum atomic E-state index is 0.140. The second kappa shape index (κ2) is 5.03. The molecule has 1 saturated carbocycles.